The number of nitro benzene ring substituents is 1. The molecule has 6 nitrogen and oxygen atoms in total. The fourth-order valence-corrected chi connectivity index (χ4v) is 4.06. The van der Waals surface area contributed by atoms with Gasteiger partial charge in [0.1, 0.15) is 5.69 Å². The summed E-state index contributed by atoms with van der Waals surface area (Å²) in [5, 5.41) is 12.0. The topological polar surface area (TPSA) is 52.9 Å². The summed E-state index contributed by atoms with van der Waals surface area (Å²) in [6.07, 6.45) is 0. The van der Waals surface area contributed by atoms with Crippen molar-refractivity contribution in [3.8, 4) is 0 Å². The van der Waals surface area contributed by atoms with E-state index >= 15 is 0 Å². The minimum Gasteiger partial charge on any atom is -0.369 e. The van der Waals surface area contributed by atoms with Crippen molar-refractivity contribution in [1.82, 2.24) is 4.90 Å². The minimum atomic E-state index is -0.282. The number of aryl methyl sites for hydroxylation is 1. The van der Waals surface area contributed by atoms with E-state index in [0.717, 1.165) is 43.1 Å². The lowest BCUT2D eigenvalue weighted by Crippen LogP contribution is -2.44. The molecule has 1 saturated heterocycles. The van der Waals surface area contributed by atoms with Gasteiger partial charge < -0.3 is 14.7 Å². The van der Waals surface area contributed by atoms with Crippen molar-refractivity contribution in [2.75, 3.05) is 43.0 Å². The summed E-state index contributed by atoms with van der Waals surface area (Å²) in [7, 11) is 2.12. The number of nitro groups is 1. The molecule has 1 fully saturated rings. The average Bonchev–Trinajstić information content (AvgIpc) is 2.78. The first kappa shape index (κ1) is 20.9. The summed E-state index contributed by atoms with van der Waals surface area (Å²) >= 11 is 0. The third kappa shape index (κ3) is 4.86. The summed E-state index contributed by atoms with van der Waals surface area (Å²) in [6, 6.07) is 23.7. The number of hydrogen-bond acceptors (Lipinski definition) is 5. The predicted molar refractivity (Wildman–Crippen MR) is 126 cm³/mol. The number of nitrogens with zero attached hydrogens (tertiary/aromatic N) is 4. The number of likely N-dealkylation sites (N-methyl/N-ethyl adjacent to an activating group) is 1. The smallest absolute Gasteiger partial charge is 0.293 e. The second-order valence-corrected chi connectivity index (χ2v) is 8.13. The van der Waals surface area contributed by atoms with Gasteiger partial charge in [-0.15, -0.1) is 0 Å². The van der Waals surface area contributed by atoms with Gasteiger partial charge in [-0.05, 0) is 43.8 Å². The van der Waals surface area contributed by atoms with Crippen LogP contribution < -0.4 is 9.80 Å². The van der Waals surface area contributed by atoms with Crippen molar-refractivity contribution in [1.29, 1.82) is 0 Å². The first-order valence-corrected chi connectivity index (χ1v) is 10.6. The van der Waals surface area contributed by atoms with Gasteiger partial charge >= 0.3 is 0 Å². The van der Waals surface area contributed by atoms with Crippen LogP contribution in [0, 0.1) is 17.0 Å². The van der Waals surface area contributed by atoms with Crippen molar-refractivity contribution in [2.45, 2.75) is 13.5 Å². The zero-order chi connectivity index (χ0) is 21.8. The van der Waals surface area contributed by atoms with Gasteiger partial charge in [0.05, 0.1) is 4.92 Å². The highest BCUT2D eigenvalue weighted by Gasteiger charge is 2.24. The SMILES string of the molecule is Cc1cccc(CN(c2ccccc2)c2cc(N3CCN(C)CC3)ccc2[N+](=O)[O-])c1. The summed E-state index contributed by atoms with van der Waals surface area (Å²) in [6.45, 7) is 6.41. The van der Waals surface area contributed by atoms with E-state index in [1.54, 1.807) is 6.07 Å². The van der Waals surface area contributed by atoms with Gasteiger partial charge in [-0.3, -0.25) is 10.1 Å². The summed E-state index contributed by atoms with van der Waals surface area (Å²) in [5.41, 5.74) is 4.99. The molecule has 1 aliphatic heterocycles. The molecular formula is C25H28N4O2. The maximum Gasteiger partial charge on any atom is 0.293 e. The molecule has 6 heteroatoms. The molecule has 1 aliphatic rings. The molecule has 0 aliphatic carbocycles. The molecule has 31 heavy (non-hydrogen) atoms. The fraction of sp³-hybridized carbons (Fsp3) is 0.280. The maximum atomic E-state index is 12.0. The van der Waals surface area contributed by atoms with Crippen LogP contribution in [0.15, 0.2) is 72.8 Å². The van der Waals surface area contributed by atoms with Crippen LogP contribution in [0.25, 0.3) is 0 Å². The van der Waals surface area contributed by atoms with E-state index < -0.39 is 0 Å². The standard InChI is InChI=1S/C25H28N4O2/c1-20-7-6-8-21(17-20)19-28(22-9-4-3-5-10-22)25-18-23(11-12-24(25)29(30)31)27-15-13-26(2)14-16-27/h3-12,17-18H,13-16,19H2,1-2H3. The van der Waals surface area contributed by atoms with Crippen LogP contribution in [-0.4, -0.2) is 43.0 Å². The summed E-state index contributed by atoms with van der Waals surface area (Å²) in [5.74, 6) is 0. The lowest BCUT2D eigenvalue weighted by molar-refractivity contribution is -0.384. The number of benzene rings is 3. The minimum absolute atomic E-state index is 0.120. The van der Waals surface area contributed by atoms with Gasteiger partial charge in [0, 0.05) is 50.2 Å². The normalized spacial score (nSPS) is 14.5. The molecule has 4 rings (SSSR count). The maximum absolute atomic E-state index is 12.0. The van der Waals surface area contributed by atoms with E-state index in [0.29, 0.717) is 12.2 Å². The molecule has 0 radical (unpaired) electrons. The van der Waals surface area contributed by atoms with E-state index in [1.165, 1.54) is 5.56 Å². The van der Waals surface area contributed by atoms with Gasteiger partial charge in [-0.2, -0.15) is 0 Å². The Kier molecular flexibility index (Phi) is 6.18. The number of rotatable bonds is 6. The van der Waals surface area contributed by atoms with Crippen LogP contribution in [0.2, 0.25) is 0 Å². The highest BCUT2D eigenvalue weighted by Crippen LogP contribution is 2.38. The molecule has 3 aromatic rings. The van der Waals surface area contributed by atoms with Crippen molar-refractivity contribution in [2.24, 2.45) is 0 Å². The fourth-order valence-electron chi connectivity index (χ4n) is 4.06. The van der Waals surface area contributed by atoms with Crippen LogP contribution in [0.4, 0.5) is 22.7 Å². The van der Waals surface area contributed by atoms with Crippen LogP contribution >= 0.6 is 0 Å². The van der Waals surface area contributed by atoms with E-state index in [1.807, 2.05) is 53.4 Å². The van der Waals surface area contributed by atoms with Gasteiger partial charge in [0.15, 0.2) is 0 Å². The first-order chi connectivity index (χ1) is 15.0. The van der Waals surface area contributed by atoms with Crippen molar-refractivity contribution < 1.29 is 4.92 Å². The summed E-state index contributed by atoms with van der Waals surface area (Å²) in [4.78, 5) is 18.3. The Hall–Kier alpha value is -3.38. The zero-order valence-corrected chi connectivity index (χ0v) is 18.1. The molecule has 0 aromatic heterocycles. The number of hydrogen-bond donors (Lipinski definition) is 0. The van der Waals surface area contributed by atoms with Crippen molar-refractivity contribution >= 4 is 22.7 Å². The zero-order valence-electron chi connectivity index (χ0n) is 18.1. The number of piperazine rings is 1. The van der Waals surface area contributed by atoms with Crippen molar-refractivity contribution in [3.05, 3.63) is 94.0 Å². The Bertz CT molecular complexity index is 1050. The second kappa shape index (κ2) is 9.18. The monoisotopic (exact) mass is 416 g/mol. The molecule has 0 unspecified atom stereocenters. The van der Waals surface area contributed by atoms with Crippen LogP contribution in [0.1, 0.15) is 11.1 Å². The van der Waals surface area contributed by atoms with Gasteiger partial charge in [0.25, 0.3) is 5.69 Å². The molecule has 0 bridgehead atoms. The lowest BCUT2D eigenvalue weighted by Gasteiger charge is -2.34. The van der Waals surface area contributed by atoms with Gasteiger partial charge in [-0.1, -0.05) is 48.0 Å². The molecule has 0 atom stereocenters. The van der Waals surface area contributed by atoms with Crippen molar-refractivity contribution in [3.63, 3.8) is 0 Å². The Morgan fingerprint density at radius 2 is 1.68 bits per heavy atom. The quantitative estimate of drug-likeness (QED) is 0.418. The average molecular weight is 417 g/mol. The lowest BCUT2D eigenvalue weighted by atomic mass is 10.1. The van der Waals surface area contributed by atoms with E-state index in [4.69, 9.17) is 0 Å². The Morgan fingerprint density at radius 3 is 2.35 bits per heavy atom. The third-order valence-electron chi connectivity index (χ3n) is 5.81. The number of para-hydroxylation sites is 1. The Balaban J connectivity index is 1.78. The van der Waals surface area contributed by atoms with Crippen LogP contribution in [-0.2, 0) is 6.54 Å². The molecule has 0 amide bonds. The third-order valence-corrected chi connectivity index (χ3v) is 5.81. The molecule has 0 spiro atoms. The molecular weight excluding hydrogens is 388 g/mol. The molecule has 1 heterocycles. The van der Waals surface area contributed by atoms with Crippen LogP contribution in [0.5, 0.6) is 0 Å². The van der Waals surface area contributed by atoms with Gasteiger partial charge in [0.2, 0.25) is 0 Å². The molecule has 0 N–H and O–H groups in total. The van der Waals surface area contributed by atoms with E-state index in [9.17, 15) is 10.1 Å². The highest BCUT2D eigenvalue weighted by atomic mass is 16.6. The molecule has 0 saturated carbocycles. The van der Waals surface area contributed by atoms with E-state index in [2.05, 4.69) is 42.0 Å². The Labute approximate surface area is 183 Å². The highest BCUT2D eigenvalue weighted by molar-refractivity contribution is 5.76. The second-order valence-electron chi connectivity index (χ2n) is 8.13. The van der Waals surface area contributed by atoms with Gasteiger partial charge in [-0.25, -0.2) is 0 Å². The largest absolute Gasteiger partial charge is 0.369 e. The van der Waals surface area contributed by atoms with Crippen LogP contribution in [0.3, 0.4) is 0 Å². The Morgan fingerprint density at radius 1 is 0.935 bits per heavy atom. The molecule has 160 valence electrons. The first-order valence-electron chi connectivity index (χ1n) is 10.6. The predicted octanol–water partition coefficient (Wildman–Crippen LogP) is 4.99. The number of anilines is 3. The van der Waals surface area contributed by atoms with E-state index in [-0.39, 0.29) is 10.6 Å². The molecule has 3 aromatic carbocycles. The summed E-state index contributed by atoms with van der Waals surface area (Å²) < 4.78 is 0.